The van der Waals surface area contributed by atoms with Gasteiger partial charge in [0, 0.05) is 18.1 Å². The summed E-state index contributed by atoms with van der Waals surface area (Å²) in [4.78, 5) is 42.6. The number of anilines is 1. The van der Waals surface area contributed by atoms with E-state index in [-0.39, 0.29) is 42.6 Å². The van der Waals surface area contributed by atoms with Gasteiger partial charge in [0.25, 0.3) is 0 Å². The largest absolute Gasteiger partial charge is 0.458 e. The van der Waals surface area contributed by atoms with E-state index < -0.39 is 17.6 Å². The molecule has 0 aliphatic carbocycles. The Morgan fingerprint density at radius 2 is 1.94 bits per heavy atom. The summed E-state index contributed by atoms with van der Waals surface area (Å²) >= 11 is 12.1. The van der Waals surface area contributed by atoms with Crippen LogP contribution in [0.4, 0.5) is 5.69 Å². The quantitative estimate of drug-likeness (QED) is 0.519. The molecule has 2 amide bonds. The van der Waals surface area contributed by atoms with Gasteiger partial charge in [-0.3, -0.25) is 14.5 Å². The van der Waals surface area contributed by atoms with Crippen LogP contribution in [0.25, 0.3) is 5.69 Å². The van der Waals surface area contributed by atoms with Crippen LogP contribution in [0.5, 0.6) is 0 Å². The number of ether oxygens (including phenoxy) is 2. The molecule has 2 aliphatic rings. The van der Waals surface area contributed by atoms with Crippen molar-refractivity contribution in [2.75, 3.05) is 24.6 Å². The van der Waals surface area contributed by atoms with E-state index in [1.807, 2.05) is 0 Å². The lowest BCUT2D eigenvalue weighted by Crippen LogP contribution is -2.60. The maximum absolute atomic E-state index is 13.4. The normalized spacial score (nSPS) is 20.0. The third-order valence-electron chi connectivity index (χ3n) is 5.98. The first-order chi connectivity index (χ1) is 17.0. The highest BCUT2D eigenvalue weighted by Gasteiger charge is 2.41. The number of amides is 2. The first kappa shape index (κ1) is 26.4. The number of halogens is 2. The lowest BCUT2D eigenvalue weighted by Gasteiger charge is -2.40. The molecule has 0 radical (unpaired) electrons. The fourth-order valence-electron chi connectivity index (χ4n) is 4.37. The van der Waals surface area contributed by atoms with Crippen LogP contribution in [0.15, 0.2) is 24.4 Å². The molecular weight excluding hydrogens is 509 g/mol. The van der Waals surface area contributed by atoms with E-state index in [0.29, 0.717) is 23.0 Å². The number of piperazine rings is 1. The molecule has 194 valence electrons. The van der Waals surface area contributed by atoms with Gasteiger partial charge in [-0.05, 0) is 58.2 Å². The molecule has 36 heavy (non-hydrogen) atoms. The van der Waals surface area contributed by atoms with E-state index in [2.05, 4.69) is 10.3 Å². The number of carbonyl (C=O) groups excluding carboxylic acids is 3. The number of carbonyl (C=O) groups is 3. The molecule has 0 bridgehead atoms. The predicted octanol–water partition coefficient (Wildman–Crippen LogP) is 3.42. The molecule has 10 nitrogen and oxygen atoms in total. The summed E-state index contributed by atoms with van der Waals surface area (Å²) < 4.78 is 12.9. The molecule has 2 fully saturated rings. The molecule has 2 aromatic rings. The van der Waals surface area contributed by atoms with Crippen LogP contribution in [-0.4, -0.2) is 75.1 Å². The maximum Gasteiger partial charge on any atom is 0.329 e. The lowest BCUT2D eigenvalue weighted by molar-refractivity contribution is -0.168. The Labute approximate surface area is 219 Å². The molecule has 0 N–H and O–H groups in total. The summed E-state index contributed by atoms with van der Waals surface area (Å²) in [6.45, 7) is 5.33. The van der Waals surface area contributed by atoms with Crippen molar-refractivity contribution < 1.29 is 23.9 Å². The van der Waals surface area contributed by atoms with E-state index >= 15 is 0 Å². The molecular formula is C24H29Cl2N5O5. The average molecular weight is 538 g/mol. The monoisotopic (exact) mass is 537 g/mol. The van der Waals surface area contributed by atoms with Gasteiger partial charge >= 0.3 is 5.97 Å². The highest BCUT2D eigenvalue weighted by Crippen LogP contribution is 2.31. The summed E-state index contributed by atoms with van der Waals surface area (Å²) in [7, 11) is 0. The predicted molar refractivity (Wildman–Crippen MR) is 133 cm³/mol. The summed E-state index contributed by atoms with van der Waals surface area (Å²) in [6, 6.07) is 3.95. The molecule has 12 heteroatoms. The second-order valence-electron chi connectivity index (χ2n) is 9.89. The Morgan fingerprint density at radius 3 is 2.58 bits per heavy atom. The zero-order valence-electron chi connectivity index (χ0n) is 20.4. The summed E-state index contributed by atoms with van der Waals surface area (Å²) in [5.41, 5.74) is 0.117. The highest BCUT2D eigenvalue weighted by atomic mass is 35.5. The third-order valence-corrected chi connectivity index (χ3v) is 6.38. The summed E-state index contributed by atoms with van der Waals surface area (Å²) in [5, 5.41) is 8.30. The minimum absolute atomic E-state index is 0.174. The maximum atomic E-state index is 13.4. The van der Waals surface area contributed by atoms with Crippen molar-refractivity contribution in [2.24, 2.45) is 0 Å². The van der Waals surface area contributed by atoms with Gasteiger partial charge < -0.3 is 14.4 Å². The zero-order valence-corrected chi connectivity index (χ0v) is 22.0. The minimum Gasteiger partial charge on any atom is -0.458 e. The van der Waals surface area contributed by atoms with Gasteiger partial charge in [0.15, 0.2) is 5.15 Å². The second kappa shape index (κ2) is 10.7. The third kappa shape index (κ3) is 6.16. The molecule has 2 atom stereocenters. The number of esters is 1. The number of rotatable bonds is 6. The van der Waals surface area contributed by atoms with Crippen molar-refractivity contribution in [1.29, 1.82) is 0 Å². The second-order valence-corrected chi connectivity index (χ2v) is 10.7. The standard InChI is InChI=1S/C24H29Cl2N5O5/c1-24(2,3)36-23(34)19(11-16-6-4-5-9-35-16)30-14-21(32)29(13-22(30)33)18-10-15(25)7-8-17(18)31-12-20(26)27-28-31/h7-8,10,12,16,19H,4-6,9,11,13-14H2,1-3H3. The Kier molecular flexibility index (Phi) is 7.87. The van der Waals surface area contributed by atoms with E-state index in [1.165, 1.54) is 20.7 Å². The Balaban J connectivity index is 1.60. The Bertz CT molecular complexity index is 1140. The van der Waals surface area contributed by atoms with Crippen LogP contribution in [0.2, 0.25) is 10.2 Å². The van der Waals surface area contributed by atoms with Gasteiger partial charge in [0.1, 0.15) is 24.7 Å². The van der Waals surface area contributed by atoms with E-state index in [9.17, 15) is 14.4 Å². The van der Waals surface area contributed by atoms with Crippen molar-refractivity contribution in [1.82, 2.24) is 19.9 Å². The van der Waals surface area contributed by atoms with Crippen molar-refractivity contribution in [3.63, 3.8) is 0 Å². The number of aromatic nitrogens is 3. The number of benzene rings is 1. The molecule has 2 aliphatic heterocycles. The first-order valence-corrected chi connectivity index (χ1v) is 12.6. The van der Waals surface area contributed by atoms with Crippen molar-refractivity contribution in [3.05, 3.63) is 34.6 Å². The summed E-state index contributed by atoms with van der Waals surface area (Å²) in [6.07, 6.45) is 4.30. The van der Waals surface area contributed by atoms with Gasteiger partial charge in [-0.15, -0.1) is 5.10 Å². The molecule has 0 spiro atoms. The molecule has 1 aromatic heterocycles. The van der Waals surface area contributed by atoms with Gasteiger partial charge in [-0.1, -0.05) is 28.4 Å². The molecule has 2 unspecified atom stereocenters. The van der Waals surface area contributed by atoms with Gasteiger partial charge in [-0.25, -0.2) is 9.48 Å². The van der Waals surface area contributed by atoms with Crippen molar-refractivity contribution in [2.45, 2.75) is 64.2 Å². The highest BCUT2D eigenvalue weighted by molar-refractivity contribution is 6.31. The number of hydrogen-bond acceptors (Lipinski definition) is 7. The Morgan fingerprint density at radius 1 is 1.17 bits per heavy atom. The van der Waals surface area contributed by atoms with Crippen LogP contribution in [0.3, 0.4) is 0 Å². The first-order valence-electron chi connectivity index (χ1n) is 11.8. The number of nitrogens with zero attached hydrogens (tertiary/aromatic N) is 5. The van der Waals surface area contributed by atoms with E-state index in [0.717, 1.165) is 19.3 Å². The van der Waals surface area contributed by atoms with E-state index in [4.69, 9.17) is 32.7 Å². The topological polar surface area (TPSA) is 107 Å². The van der Waals surface area contributed by atoms with Crippen molar-refractivity contribution in [3.8, 4) is 5.69 Å². The van der Waals surface area contributed by atoms with Crippen LogP contribution in [0.1, 0.15) is 46.5 Å². The lowest BCUT2D eigenvalue weighted by atomic mass is 9.99. The molecule has 4 rings (SSSR count). The van der Waals surface area contributed by atoms with Gasteiger partial charge in [0.2, 0.25) is 11.8 Å². The van der Waals surface area contributed by atoms with Crippen LogP contribution < -0.4 is 4.90 Å². The molecule has 0 saturated carbocycles. The van der Waals surface area contributed by atoms with Crippen LogP contribution >= 0.6 is 23.2 Å². The SMILES string of the molecule is CC(C)(C)OC(=O)C(CC1CCCCO1)N1CC(=O)N(c2cc(Cl)ccc2-n2cc(Cl)nn2)CC1=O. The van der Waals surface area contributed by atoms with Crippen LogP contribution in [0, 0.1) is 0 Å². The summed E-state index contributed by atoms with van der Waals surface area (Å²) in [5.74, 6) is -1.31. The Hall–Kier alpha value is -2.69. The fourth-order valence-corrected chi connectivity index (χ4v) is 4.66. The molecule has 3 heterocycles. The van der Waals surface area contributed by atoms with Crippen molar-refractivity contribution >= 4 is 46.7 Å². The van der Waals surface area contributed by atoms with E-state index in [1.54, 1.807) is 39.0 Å². The number of hydrogen-bond donors (Lipinski definition) is 0. The van der Waals surface area contributed by atoms with Gasteiger partial charge in [0.05, 0.1) is 23.7 Å². The smallest absolute Gasteiger partial charge is 0.329 e. The fraction of sp³-hybridized carbons (Fsp3) is 0.542. The molecule has 2 saturated heterocycles. The zero-order chi connectivity index (χ0) is 26.0. The minimum atomic E-state index is -0.932. The average Bonchev–Trinajstić information content (AvgIpc) is 3.24. The van der Waals surface area contributed by atoms with Gasteiger partial charge in [-0.2, -0.15) is 0 Å². The molecule has 1 aromatic carbocycles. The van der Waals surface area contributed by atoms with Crippen LogP contribution in [-0.2, 0) is 23.9 Å².